The van der Waals surface area contributed by atoms with Crippen LogP contribution in [0.1, 0.15) is 5.56 Å². The molecule has 3 aromatic rings. The summed E-state index contributed by atoms with van der Waals surface area (Å²) < 4.78 is 21.3. The summed E-state index contributed by atoms with van der Waals surface area (Å²) in [4.78, 5) is 0. The van der Waals surface area contributed by atoms with Crippen LogP contribution in [0.15, 0.2) is 42.6 Å². The van der Waals surface area contributed by atoms with E-state index in [1.807, 2.05) is 42.1 Å². The van der Waals surface area contributed by atoms with E-state index in [4.69, 9.17) is 16.3 Å². The SMILES string of the molecule is COc1c(F)ccc2c1c(CCNCCNc1cccc(Cl)c1)cn2C. The smallest absolute Gasteiger partial charge is 0.165 e. The summed E-state index contributed by atoms with van der Waals surface area (Å²) in [7, 11) is 3.47. The van der Waals surface area contributed by atoms with Crippen LogP contribution in [0, 0.1) is 5.82 Å². The summed E-state index contributed by atoms with van der Waals surface area (Å²) in [6.07, 6.45) is 2.84. The van der Waals surface area contributed by atoms with Gasteiger partial charge in [0.05, 0.1) is 12.6 Å². The number of anilines is 1. The third kappa shape index (κ3) is 4.11. The lowest BCUT2D eigenvalue weighted by Gasteiger charge is -2.09. The van der Waals surface area contributed by atoms with Crippen molar-refractivity contribution >= 4 is 28.2 Å². The highest BCUT2D eigenvalue weighted by atomic mass is 35.5. The molecule has 0 saturated heterocycles. The number of methoxy groups -OCH3 is 1. The summed E-state index contributed by atoms with van der Waals surface area (Å²) in [5.41, 5.74) is 3.06. The third-order valence-corrected chi connectivity index (χ3v) is 4.60. The van der Waals surface area contributed by atoms with Crippen molar-refractivity contribution in [3.63, 3.8) is 0 Å². The number of nitrogens with one attached hydrogen (secondary N) is 2. The number of rotatable bonds is 8. The zero-order chi connectivity index (χ0) is 18.5. The molecule has 26 heavy (non-hydrogen) atoms. The maximum Gasteiger partial charge on any atom is 0.165 e. The first-order valence-electron chi connectivity index (χ1n) is 8.60. The maximum absolute atomic E-state index is 14.0. The van der Waals surface area contributed by atoms with E-state index >= 15 is 0 Å². The molecule has 0 saturated carbocycles. The second-order valence-electron chi connectivity index (χ2n) is 6.18. The van der Waals surface area contributed by atoms with Gasteiger partial charge in [-0.1, -0.05) is 17.7 Å². The van der Waals surface area contributed by atoms with Crippen molar-refractivity contribution in [3.05, 3.63) is 59.0 Å². The van der Waals surface area contributed by atoms with E-state index in [1.54, 1.807) is 6.07 Å². The van der Waals surface area contributed by atoms with Crippen molar-refractivity contribution in [2.24, 2.45) is 7.05 Å². The number of halogens is 2. The van der Waals surface area contributed by atoms with Crippen LogP contribution < -0.4 is 15.4 Å². The third-order valence-electron chi connectivity index (χ3n) is 4.37. The Morgan fingerprint density at radius 1 is 1.15 bits per heavy atom. The Kier molecular flexibility index (Phi) is 6.01. The Balaban J connectivity index is 1.54. The molecular formula is C20H23ClFN3O. The van der Waals surface area contributed by atoms with E-state index in [0.29, 0.717) is 5.75 Å². The fourth-order valence-electron chi connectivity index (χ4n) is 3.15. The van der Waals surface area contributed by atoms with E-state index in [0.717, 1.165) is 53.2 Å². The van der Waals surface area contributed by atoms with Gasteiger partial charge in [-0.2, -0.15) is 0 Å². The van der Waals surface area contributed by atoms with Gasteiger partial charge < -0.3 is 19.9 Å². The van der Waals surface area contributed by atoms with Crippen molar-refractivity contribution in [1.82, 2.24) is 9.88 Å². The molecule has 0 aliphatic rings. The summed E-state index contributed by atoms with van der Waals surface area (Å²) >= 11 is 5.97. The molecular weight excluding hydrogens is 353 g/mol. The highest BCUT2D eigenvalue weighted by Crippen LogP contribution is 2.32. The highest BCUT2D eigenvalue weighted by molar-refractivity contribution is 6.30. The second-order valence-corrected chi connectivity index (χ2v) is 6.61. The van der Waals surface area contributed by atoms with E-state index < -0.39 is 0 Å². The van der Waals surface area contributed by atoms with Crippen molar-refractivity contribution in [2.45, 2.75) is 6.42 Å². The Bertz CT molecular complexity index is 894. The van der Waals surface area contributed by atoms with Gasteiger partial charge >= 0.3 is 0 Å². The minimum Gasteiger partial charge on any atom is -0.493 e. The Morgan fingerprint density at radius 2 is 2.00 bits per heavy atom. The molecule has 0 radical (unpaired) electrons. The quantitative estimate of drug-likeness (QED) is 0.579. The first-order valence-corrected chi connectivity index (χ1v) is 8.98. The van der Waals surface area contributed by atoms with Crippen LogP contribution in [-0.2, 0) is 13.5 Å². The van der Waals surface area contributed by atoms with E-state index in [2.05, 4.69) is 10.6 Å². The van der Waals surface area contributed by atoms with Gasteiger partial charge in [0.15, 0.2) is 11.6 Å². The van der Waals surface area contributed by atoms with Gasteiger partial charge in [-0.3, -0.25) is 0 Å². The summed E-state index contributed by atoms with van der Waals surface area (Å²) in [6, 6.07) is 10.9. The molecule has 0 unspecified atom stereocenters. The molecule has 0 bridgehead atoms. The number of hydrogen-bond acceptors (Lipinski definition) is 3. The van der Waals surface area contributed by atoms with E-state index in [1.165, 1.54) is 13.2 Å². The zero-order valence-corrected chi connectivity index (χ0v) is 15.7. The molecule has 0 atom stereocenters. The van der Waals surface area contributed by atoms with Gasteiger partial charge in [-0.25, -0.2) is 4.39 Å². The lowest BCUT2D eigenvalue weighted by atomic mass is 10.1. The monoisotopic (exact) mass is 375 g/mol. The molecule has 0 aliphatic carbocycles. The minimum atomic E-state index is -0.328. The molecule has 0 fully saturated rings. The molecule has 6 heteroatoms. The Hall–Kier alpha value is -2.24. The van der Waals surface area contributed by atoms with Crippen molar-refractivity contribution in [1.29, 1.82) is 0 Å². The topological polar surface area (TPSA) is 38.2 Å². The van der Waals surface area contributed by atoms with Gasteiger partial charge in [0, 0.05) is 42.4 Å². The summed E-state index contributed by atoms with van der Waals surface area (Å²) in [6.45, 7) is 2.42. The van der Waals surface area contributed by atoms with Crippen LogP contribution in [0.2, 0.25) is 5.02 Å². The van der Waals surface area contributed by atoms with E-state index in [9.17, 15) is 4.39 Å². The molecule has 0 aliphatic heterocycles. The molecule has 2 aromatic carbocycles. The average molecular weight is 376 g/mol. The Labute approximate surface area is 157 Å². The van der Waals surface area contributed by atoms with Crippen LogP contribution in [0.5, 0.6) is 5.75 Å². The Morgan fingerprint density at radius 3 is 2.77 bits per heavy atom. The normalized spacial score (nSPS) is 11.1. The lowest BCUT2D eigenvalue weighted by Crippen LogP contribution is -2.24. The second kappa shape index (κ2) is 8.43. The van der Waals surface area contributed by atoms with Crippen molar-refractivity contribution in [3.8, 4) is 5.75 Å². The fourth-order valence-corrected chi connectivity index (χ4v) is 3.34. The highest BCUT2D eigenvalue weighted by Gasteiger charge is 2.15. The van der Waals surface area contributed by atoms with Crippen LogP contribution in [0.4, 0.5) is 10.1 Å². The predicted molar refractivity (Wildman–Crippen MR) is 106 cm³/mol. The molecule has 1 heterocycles. The average Bonchev–Trinajstić information content (AvgIpc) is 2.94. The van der Waals surface area contributed by atoms with Crippen LogP contribution in [0.3, 0.4) is 0 Å². The number of nitrogens with zero attached hydrogens (tertiary/aromatic N) is 1. The first kappa shape index (κ1) is 18.5. The number of aromatic nitrogens is 1. The van der Waals surface area contributed by atoms with Crippen molar-refractivity contribution in [2.75, 3.05) is 32.1 Å². The van der Waals surface area contributed by atoms with E-state index in [-0.39, 0.29) is 5.82 Å². The molecule has 4 nitrogen and oxygen atoms in total. The van der Waals surface area contributed by atoms with Crippen LogP contribution >= 0.6 is 11.6 Å². The summed E-state index contributed by atoms with van der Waals surface area (Å²) in [5, 5.41) is 8.31. The molecule has 3 rings (SSSR count). The molecule has 138 valence electrons. The minimum absolute atomic E-state index is 0.320. The number of benzene rings is 2. The van der Waals surface area contributed by atoms with Crippen LogP contribution in [-0.4, -0.2) is 31.3 Å². The van der Waals surface area contributed by atoms with Gasteiger partial charge in [-0.05, 0) is 48.9 Å². The largest absolute Gasteiger partial charge is 0.493 e. The molecule has 0 spiro atoms. The fraction of sp³-hybridized carbons (Fsp3) is 0.300. The molecule has 0 amide bonds. The number of ether oxygens (including phenoxy) is 1. The van der Waals surface area contributed by atoms with Crippen LogP contribution in [0.25, 0.3) is 10.9 Å². The van der Waals surface area contributed by atoms with Gasteiger partial charge in [0.25, 0.3) is 0 Å². The number of hydrogen-bond donors (Lipinski definition) is 2. The first-order chi connectivity index (χ1) is 12.6. The summed E-state index contributed by atoms with van der Waals surface area (Å²) in [5.74, 6) is -0.00754. The van der Waals surface area contributed by atoms with Crippen molar-refractivity contribution < 1.29 is 9.13 Å². The maximum atomic E-state index is 14.0. The molecule has 1 aromatic heterocycles. The lowest BCUT2D eigenvalue weighted by molar-refractivity contribution is 0.391. The standard InChI is InChI=1S/C20H23ClFN3O/c1-25-13-14(19-18(25)7-6-17(22)20(19)26-2)8-9-23-10-11-24-16-5-3-4-15(21)12-16/h3-7,12-13,23-24H,8-11H2,1-2H3. The van der Waals surface area contributed by atoms with Gasteiger partial charge in [0.1, 0.15) is 0 Å². The zero-order valence-electron chi connectivity index (χ0n) is 15.0. The number of aryl methyl sites for hydroxylation is 1. The van der Waals surface area contributed by atoms with Gasteiger partial charge in [-0.15, -0.1) is 0 Å². The predicted octanol–water partition coefficient (Wildman–Crippen LogP) is 4.22. The number of fused-ring (bicyclic) bond motifs is 1. The van der Waals surface area contributed by atoms with Gasteiger partial charge in [0.2, 0.25) is 0 Å². The molecule has 2 N–H and O–H groups in total.